The Bertz CT molecular complexity index is 371. The number of anilines is 1. The van der Waals surface area contributed by atoms with Crippen LogP contribution in [0.4, 0.5) is 5.95 Å². The minimum absolute atomic E-state index is 0.364. The summed E-state index contributed by atoms with van der Waals surface area (Å²) >= 11 is 3.47. The molecule has 0 N–H and O–H groups in total. The van der Waals surface area contributed by atoms with E-state index in [0.29, 0.717) is 18.5 Å². The highest BCUT2D eigenvalue weighted by Gasteiger charge is 2.14. The summed E-state index contributed by atoms with van der Waals surface area (Å²) in [4.78, 5) is 11.1. The smallest absolute Gasteiger partial charge is 0.229 e. The molecule has 0 saturated carbocycles. The van der Waals surface area contributed by atoms with Gasteiger partial charge in [0.15, 0.2) is 0 Å². The normalized spacial score (nSPS) is 10.8. The minimum atomic E-state index is 0.364. The fourth-order valence-electron chi connectivity index (χ4n) is 1.61. The van der Waals surface area contributed by atoms with Crippen molar-refractivity contribution in [3.63, 3.8) is 0 Å². The van der Waals surface area contributed by atoms with E-state index >= 15 is 0 Å². The Hall–Kier alpha value is -0.840. The van der Waals surface area contributed by atoms with Gasteiger partial charge in [0.05, 0.1) is 6.61 Å². The third-order valence-corrected chi connectivity index (χ3v) is 2.83. The fourth-order valence-corrected chi connectivity index (χ4v) is 2.00. The van der Waals surface area contributed by atoms with E-state index in [0.717, 1.165) is 29.9 Å². The third-order valence-electron chi connectivity index (χ3n) is 2.48. The monoisotopic (exact) mass is 315 g/mol. The van der Waals surface area contributed by atoms with Gasteiger partial charge in [-0.15, -0.1) is 0 Å². The second-order valence-corrected chi connectivity index (χ2v) is 5.27. The van der Waals surface area contributed by atoms with Gasteiger partial charge in [0, 0.05) is 29.7 Å². The van der Waals surface area contributed by atoms with Crippen molar-refractivity contribution in [2.45, 2.75) is 40.2 Å². The van der Waals surface area contributed by atoms with E-state index in [1.54, 1.807) is 0 Å². The van der Waals surface area contributed by atoms with Gasteiger partial charge in [-0.1, -0.05) is 22.9 Å². The van der Waals surface area contributed by atoms with Gasteiger partial charge in [-0.2, -0.15) is 4.98 Å². The number of aryl methyl sites for hydroxylation is 1. The molecule has 1 aromatic rings. The van der Waals surface area contributed by atoms with Gasteiger partial charge in [0.25, 0.3) is 0 Å². The molecule has 0 fully saturated rings. The van der Waals surface area contributed by atoms with E-state index in [1.165, 1.54) is 0 Å². The molecule has 5 heteroatoms. The Morgan fingerprint density at radius 1 is 1.39 bits per heavy atom. The van der Waals surface area contributed by atoms with E-state index in [4.69, 9.17) is 4.74 Å². The lowest BCUT2D eigenvalue weighted by atomic mass is 10.3. The minimum Gasteiger partial charge on any atom is -0.478 e. The van der Waals surface area contributed by atoms with Crippen LogP contribution in [0.2, 0.25) is 0 Å². The Balaban J connectivity index is 2.95. The number of ether oxygens (including phenoxy) is 1. The molecule has 18 heavy (non-hydrogen) atoms. The molecule has 1 heterocycles. The SMILES string of the molecule is CCCOc1cc(C)nc(N(CCBr)C(C)C)n1. The zero-order valence-corrected chi connectivity index (χ0v) is 13.2. The number of halogens is 1. The maximum atomic E-state index is 5.60. The van der Waals surface area contributed by atoms with E-state index in [-0.39, 0.29) is 0 Å². The molecule has 0 amide bonds. The second kappa shape index (κ2) is 7.56. The number of nitrogens with zero attached hydrogens (tertiary/aromatic N) is 3. The molecule has 1 rings (SSSR count). The summed E-state index contributed by atoms with van der Waals surface area (Å²) in [6, 6.07) is 2.24. The summed E-state index contributed by atoms with van der Waals surface area (Å²) in [5.41, 5.74) is 0.936. The summed E-state index contributed by atoms with van der Waals surface area (Å²) in [6.45, 7) is 9.91. The van der Waals surface area contributed by atoms with E-state index < -0.39 is 0 Å². The Labute approximate surface area is 118 Å². The van der Waals surface area contributed by atoms with Gasteiger partial charge >= 0.3 is 0 Å². The summed E-state index contributed by atoms with van der Waals surface area (Å²) in [5, 5.41) is 0.896. The molecule has 1 aromatic heterocycles. The van der Waals surface area contributed by atoms with E-state index in [9.17, 15) is 0 Å². The van der Waals surface area contributed by atoms with Gasteiger partial charge in [0.1, 0.15) is 0 Å². The number of hydrogen-bond acceptors (Lipinski definition) is 4. The quantitative estimate of drug-likeness (QED) is 0.724. The zero-order chi connectivity index (χ0) is 13.5. The highest BCUT2D eigenvalue weighted by molar-refractivity contribution is 9.09. The highest BCUT2D eigenvalue weighted by atomic mass is 79.9. The van der Waals surface area contributed by atoms with Crippen molar-refractivity contribution in [1.29, 1.82) is 0 Å². The molecule has 0 unspecified atom stereocenters. The van der Waals surface area contributed by atoms with Gasteiger partial charge < -0.3 is 9.64 Å². The summed E-state index contributed by atoms with van der Waals surface area (Å²) in [5.74, 6) is 1.41. The average molecular weight is 316 g/mol. The molecule has 0 aliphatic heterocycles. The largest absolute Gasteiger partial charge is 0.478 e. The molecule has 4 nitrogen and oxygen atoms in total. The van der Waals surface area contributed by atoms with Gasteiger partial charge in [0.2, 0.25) is 11.8 Å². The lowest BCUT2D eigenvalue weighted by Crippen LogP contribution is -2.34. The van der Waals surface area contributed by atoms with E-state index in [1.807, 2.05) is 13.0 Å². The van der Waals surface area contributed by atoms with Crippen molar-refractivity contribution in [1.82, 2.24) is 9.97 Å². The predicted octanol–water partition coefficient (Wildman–Crippen LogP) is 3.18. The maximum absolute atomic E-state index is 5.60. The van der Waals surface area contributed by atoms with Crippen LogP contribution in [-0.4, -0.2) is 34.5 Å². The van der Waals surface area contributed by atoms with Crippen LogP contribution >= 0.6 is 15.9 Å². The Kier molecular flexibility index (Phi) is 6.39. The van der Waals surface area contributed by atoms with Crippen molar-refractivity contribution in [3.05, 3.63) is 11.8 Å². The molecule has 0 saturated heterocycles. The van der Waals surface area contributed by atoms with Crippen LogP contribution in [0.25, 0.3) is 0 Å². The topological polar surface area (TPSA) is 38.2 Å². The Morgan fingerprint density at radius 3 is 2.67 bits per heavy atom. The first-order valence-electron chi connectivity index (χ1n) is 6.39. The summed E-state index contributed by atoms with van der Waals surface area (Å²) in [7, 11) is 0. The lowest BCUT2D eigenvalue weighted by Gasteiger charge is -2.26. The standard InChI is InChI=1S/C13H22BrN3O/c1-5-8-18-12-9-11(4)15-13(16-12)17(7-6-14)10(2)3/h9-10H,5-8H2,1-4H3. The molecular formula is C13H22BrN3O. The van der Waals surface area contributed by atoms with Crippen LogP contribution in [0.15, 0.2) is 6.07 Å². The highest BCUT2D eigenvalue weighted by Crippen LogP contribution is 2.17. The molecule has 0 aromatic carbocycles. The third kappa shape index (κ3) is 4.44. The summed E-state index contributed by atoms with van der Waals surface area (Å²) in [6.07, 6.45) is 0.980. The van der Waals surface area contributed by atoms with Gasteiger partial charge in [-0.05, 0) is 27.2 Å². The molecule has 102 valence electrons. The maximum Gasteiger partial charge on any atom is 0.229 e. The molecule has 0 aliphatic carbocycles. The summed E-state index contributed by atoms with van der Waals surface area (Å²) < 4.78 is 5.60. The zero-order valence-electron chi connectivity index (χ0n) is 11.6. The molecule has 0 atom stereocenters. The number of hydrogen-bond donors (Lipinski definition) is 0. The van der Waals surface area contributed by atoms with Gasteiger partial charge in [-0.3, -0.25) is 0 Å². The van der Waals surface area contributed by atoms with Crippen LogP contribution in [0.1, 0.15) is 32.9 Å². The van der Waals surface area contributed by atoms with Crippen LogP contribution in [-0.2, 0) is 0 Å². The molecule has 0 spiro atoms. The molecule has 0 bridgehead atoms. The fraction of sp³-hybridized carbons (Fsp3) is 0.692. The second-order valence-electron chi connectivity index (χ2n) is 4.47. The predicted molar refractivity (Wildman–Crippen MR) is 78.8 cm³/mol. The number of alkyl halides is 1. The van der Waals surface area contributed by atoms with Crippen LogP contribution in [0.3, 0.4) is 0 Å². The van der Waals surface area contributed by atoms with Crippen LogP contribution in [0, 0.1) is 6.92 Å². The molecular weight excluding hydrogens is 294 g/mol. The van der Waals surface area contributed by atoms with Gasteiger partial charge in [-0.25, -0.2) is 4.98 Å². The first kappa shape index (κ1) is 15.2. The van der Waals surface area contributed by atoms with Crippen LogP contribution < -0.4 is 9.64 Å². The van der Waals surface area contributed by atoms with E-state index in [2.05, 4.69) is 51.6 Å². The number of aromatic nitrogens is 2. The van der Waals surface area contributed by atoms with Crippen molar-refractivity contribution >= 4 is 21.9 Å². The van der Waals surface area contributed by atoms with Crippen molar-refractivity contribution in [2.75, 3.05) is 23.4 Å². The Morgan fingerprint density at radius 2 is 2.11 bits per heavy atom. The van der Waals surface area contributed by atoms with Crippen molar-refractivity contribution < 1.29 is 4.74 Å². The first-order chi connectivity index (χ1) is 8.58. The van der Waals surface area contributed by atoms with Crippen molar-refractivity contribution in [3.8, 4) is 5.88 Å². The van der Waals surface area contributed by atoms with Crippen molar-refractivity contribution in [2.24, 2.45) is 0 Å². The first-order valence-corrected chi connectivity index (χ1v) is 7.51. The van der Waals surface area contributed by atoms with Crippen LogP contribution in [0.5, 0.6) is 5.88 Å². The lowest BCUT2D eigenvalue weighted by molar-refractivity contribution is 0.304. The molecule has 0 aliphatic rings. The number of rotatable bonds is 7. The average Bonchev–Trinajstić information content (AvgIpc) is 2.32. The molecule has 0 radical (unpaired) electrons.